The van der Waals surface area contributed by atoms with Gasteiger partial charge in [-0.25, -0.2) is 0 Å². The van der Waals surface area contributed by atoms with Crippen LogP contribution in [0.25, 0.3) is 43.4 Å². The molecular formula is C33H35ClN2O2S. The van der Waals surface area contributed by atoms with Crippen LogP contribution in [0.5, 0.6) is 5.75 Å². The Morgan fingerprint density at radius 2 is 1.33 bits per heavy atom. The molecule has 2 heterocycles. The molecular weight excluding hydrogens is 524 g/mol. The predicted molar refractivity (Wildman–Crippen MR) is 164 cm³/mol. The van der Waals surface area contributed by atoms with Crippen LogP contribution in [-0.2, 0) is 0 Å². The number of nitrogens with zero attached hydrogens (tertiary/aromatic N) is 2. The maximum atomic E-state index is 6.82. The Balaban J connectivity index is 1.20. The van der Waals surface area contributed by atoms with Gasteiger partial charge in [-0.15, -0.1) is 21.5 Å². The van der Waals surface area contributed by atoms with E-state index in [1.54, 1.807) is 11.3 Å². The van der Waals surface area contributed by atoms with Crippen LogP contribution in [0.3, 0.4) is 0 Å². The third kappa shape index (κ3) is 6.90. The lowest BCUT2D eigenvalue weighted by molar-refractivity contribution is 0.304. The molecule has 0 unspecified atom stereocenters. The second-order valence-corrected chi connectivity index (χ2v) is 11.5. The maximum Gasteiger partial charge on any atom is 0.248 e. The van der Waals surface area contributed by atoms with E-state index in [0.29, 0.717) is 11.8 Å². The first-order valence-corrected chi connectivity index (χ1v) is 15.2. The van der Waals surface area contributed by atoms with Crippen molar-refractivity contribution >= 4 is 33.0 Å². The van der Waals surface area contributed by atoms with Gasteiger partial charge in [-0.1, -0.05) is 93.3 Å². The zero-order chi connectivity index (χ0) is 27.0. The number of aryl methyl sites for hydroxylation is 1. The topological polar surface area (TPSA) is 48.2 Å². The summed E-state index contributed by atoms with van der Waals surface area (Å²) in [5.74, 6) is 1.92. The molecule has 0 amide bonds. The highest BCUT2D eigenvalue weighted by Gasteiger charge is 2.15. The first kappa shape index (κ1) is 27.4. The van der Waals surface area contributed by atoms with E-state index < -0.39 is 0 Å². The fourth-order valence-corrected chi connectivity index (χ4v) is 6.24. The molecule has 0 radical (unpaired) electrons. The molecule has 0 saturated heterocycles. The lowest BCUT2D eigenvalue weighted by atomic mass is 10.1. The van der Waals surface area contributed by atoms with Gasteiger partial charge in [0.25, 0.3) is 0 Å². The minimum Gasteiger partial charge on any atom is -0.494 e. The quantitative estimate of drug-likeness (QED) is 0.135. The van der Waals surface area contributed by atoms with Gasteiger partial charge in [-0.3, -0.25) is 0 Å². The van der Waals surface area contributed by atoms with Gasteiger partial charge in [-0.2, -0.15) is 0 Å². The van der Waals surface area contributed by atoms with Crippen molar-refractivity contribution in [1.29, 1.82) is 0 Å². The number of aromatic nitrogens is 2. The number of hydrogen-bond donors (Lipinski definition) is 0. The van der Waals surface area contributed by atoms with Gasteiger partial charge in [0.2, 0.25) is 11.8 Å². The summed E-state index contributed by atoms with van der Waals surface area (Å²) < 4.78 is 13.1. The van der Waals surface area contributed by atoms with Gasteiger partial charge in [0.05, 0.1) is 16.5 Å². The second-order valence-electron chi connectivity index (χ2n) is 10.1. The molecule has 0 N–H and O–H groups in total. The third-order valence-corrected chi connectivity index (χ3v) is 8.69. The van der Waals surface area contributed by atoms with E-state index in [2.05, 4.69) is 48.3 Å². The molecule has 0 aliphatic heterocycles. The number of ether oxygens (including phenoxy) is 1. The second kappa shape index (κ2) is 13.3. The van der Waals surface area contributed by atoms with Gasteiger partial charge >= 0.3 is 0 Å². The van der Waals surface area contributed by atoms with E-state index in [-0.39, 0.29) is 0 Å². The van der Waals surface area contributed by atoms with E-state index in [4.69, 9.17) is 20.8 Å². The Labute approximate surface area is 240 Å². The van der Waals surface area contributed by atoms with Crippen LogP contribution in [0.2, 0.25) is 5.02 Å². The van der Waals surface area contributed by atoms with Gasteiger partial charge in [0.1, 0.15) is 5.75 Å². The smallest absolute Gasteiger partial charge is 0.248 e. The maximum absolute atomic E-state index is 6.82. The number of halogens is 1. The molecule has 0 fully saturated rings. The van der Waals surface area contributed by atoms with Crippen LogP contribution in [0.1, 0.15) is 63.9 Å². The predicted octanol–water partition coefficient (Wildman–Crippen LogP) is 10.8. The van der Waals surface area contributed by atoms with E-state index in [9.17, 15) is 0 Å². The van der Waals surface area contributed by atoms with Crippen molar-refractivity contribution in [3.8, 4) is 39.1 Å². The van der Waals surface area contributed by atoms with Crippen LogP contribution in [0, 0.1) is 6.92 Å². The average molecular weight is 559 g/mol. The summed E-state index contributed by atoms with van der Waals surface area (Å²) in [7, 11) is 0. The van der Waals surface area contributed by atoms with Crippen molar-refractivity contribution < 1.29 is 9.15 Å². The highest BCUT2D eigenvalue weighted by atomic mass is 35.5. The third-order valence-electron chi connectivity index (χ3n) is 6.99. The normalized spacial score (nSPS) is 11.4. The van der Waals surface area contributed by atoms with E-state index in [0.717, 1.165) is 55.5 Å². The summed E-state index contributed by atoms with van der Waals surface area (Å²) >= 11 is 8.51. The number of benzene rings is 3. The molecule has 0 aliphatic carbocycles. The monoisotopic (exact) mass is 558 g/mol. The molecule has 202 valence electrons. The molecule has 0 atom stereocenters. The average Bonchev–Trinajstić information content (AvgIpc) is 3.58. The minimum absolute atomic E-state index is 0.498. The van der Waals surface area contributed by atoms with Crippen molar-refractivity contribution in [2.24, 2.45) is 0 Å². The molecule has 6 heteroatoms. The molecule has 0 saturated carbocycles. The van der Waals surface area contributed by atoms with Gasteiger partial charge in [0, 0.05) is 21.2 Å². The summed E-state index contributed by atoms with van der Waals surface area (Å²) in [6.45, 7) is 5.07. The summed E-state index contributed by atoms with van der Waals surface area (Å²) in [6.07, 6.45) is 10.4. The van der Waals surface area contributed by atoms with Crippen molar-refractivity contribution in [2.75, 3.05) is 6.61 Å². The number of fused-ring (bicyclic) bond motifs is 1. The lowest BCUT2D eigenvalue weighted by Crippen LogP contribution is -1.97. The Hall–Kier alpha value is -3.15. The zero-order valence-electron chi connectivity index (χ0n) is 22.7. The van der Waals surface area contributed by atoms with Crippen LogP contribution >= 0.6 is 22.9 Å². The Morgan fingerprint density at radius 3 is 2.00 bits per heavy atom. The summed E-state index contributed by atoms with van der Waals surface area (Å²) in [5.41, 5.74) is 4.04. The summed E-state index contributed by atoms with van der Waals surface area (Å²) in [6, 6.07) is 22.4. The molecule has 0 spiro atoms. The first-order chi connectivity index (χ1) is 19.1. The Kier molecular flexibility index (Phi) is 9.33. The van der Waals surface area contributed by atoms with E-state index in [1.807, 2.05) is 42.5 Å². The summed E-state index contributed by atoms with van der Waals surface area (Å²) in [5, 5.41) is 10.3. The molecule has 5 rings (SSSR count). The first-order valence-electron chi connectivity index (χ1n) is 14.0. The highest BCUT2D eigenvalue weighted by Crippen LogP contribution is 2.43. The molecule has 0 bridgehead atoms. The fourth-order valence-electron chi connectivity index (χ4n) is 4.66. The van der Waals surface area contributed by atoms with Crippen LogP contribution in [0.4, 0.5) is 0 Å². The molecule has 3 aromatic carbocycles. The largest absolute Gasteiger partial charge is 0.494 e. The lowest BCUT2D eigenvalue weighted by Gasteiger charge is -2.06. The Morgan fingerprint density at radius 1 is 0.744 bits per heavy atom. The van der Waals surface area contributed by atoms with Crippen molar-refractivity contribution in [2.45, 2.75) is 65.2 Å². The number of rotatable bonds is 13. The molecule has 0 aliphatic rings. The standard InChI is InChI=1S/C33H35ClN2O2S/c1-3-4-5-6-7-8-9-10-21-37-27-19-20-28-29(22-27)39-31(30(28)34)24-15-17-26(18-16-24)33-36-35-32(38-33)25-13-11-23(2)12-14-25/h11-20,22H,3-10,21H2,1-2H3. The van der Waals surface area contributed by atoms with E-state index >= 15 is 0 Å². The molecule has 2 aromatic heterocycles. The van der Waals surface area contributed by atoms with Crippen LogP contribution in [-0.4, -0.2) is 16.8 Å². The number of hydrogen-bond acceptors (Lipinski definition) is 5. The molecule has 5 aromatic rings. The van der Waals surface area contributed by atoms with Gasteiger partial charge < -0.3 is 9.15 Å². The number of unbranched alkanes of at least 4 members (excludes halogenated alkanes) is 7. The SMILES string of the molecule is CCCCCCCCCCOc1ccc2c(Cl)c(-c3ccc(-c4nnc(-c5ccc(C)cc5)o4)cc3)sc2c1. The highest BCUT2D eigenvalue weighted by molar-refractivity contribution is 7.23. The minimum atomic E-state index is 0.498. The molecule has 39 heavy (non-hydrogen) atoms. The van der Waals surface area contributed by atoms with Gasteiger partial charge in [0.15, 0.2) is 0 Å². The van der Waals surface area contributed by atoms with Gasteiger partial charge in [-0.05, 0) is 61.4 Å². The number of thiophene rings is 1. The van der Waals surface area contributed by atoms with Crippen LogP contribution in [0.15, 0.2) is 71.1 Å². The fraction of sp³-hybridized carbons (Fsp3) is 0.333. The van der Waals surface area contributed by atoms with E-state index in [1.165, 1.54) is 50.5 Å². The molecule has 4 nitrogen and oxygen atoms in total. The summed E-state index contributed by atoms with van der Waals surface area (Å²) in [4.78, 5) is 1.05. The Bertz CT molecular complexity index is 1490. The van der Waals surface area contributed by atoms with Crippen molar-refractivity contribution in [1.82, 2.24) is 10.2 Å². The zero-order valence-corrected chi connectivity index (χ0v) is 24.3. The van der Waals surface area contributed by atoms with Crippen molar-refractivity contribution in [3.05, 3.63) is 77.3 Å². The van der Waals surface area contributed by atoms with Crippen LogP contribution < -0.4 is 4.74 Å². The van der Waals surface area contributed by atoms with Crippen molar-refractivity contribution in [3.63, 3.8) is 0 Å².